The zero-order valence-electron chi connectivity index (χ0n) is 21.9. The molecule has 0 saturated carbocycles. The molecule has 2 N–H and O–H groups in total. The van der Waals surface area contributed by atoms with E-state index in [4.69, 9.17) is 4.74 Å². The molecule has 1 aliphatic heterocycles. The number of nitrogens with one attached hydrogen (secondary N) is 2. The summed E-state index contributed by atoms with van der Waals surface area (Å²) in [5, 5.41) is 6.80. The van der Waals surface area contributed by atoms with Crippen molar-refractivity contribution in [3.63, 3.8) is 0 Å². The number of amides is 2. The van der Waals surface area contributed by atoms with E-state index in [-0.39, 0.29) is 17.7 Å². The normalized spacial score (nSPS) is 15.4. The monoisotopic (exact) mass is 542 g/mol. The predicted molar refractivity (Wildman–Crippen MR) is 156 cm³/mol. The predicted octanol–water partition coefficient (Wildman–Crippen LogP) is 5.69. The Morgan fingerprint density at radius 2 is 1.67 bits per heavy atom. The average Bonchev–Trinajstić information content (AvgIpc) is 3.40. The smallest absolute Gasteiger partial charge is 0.323 e. The molecule has 0 bridgehead atoms. The first-order valence-corrected chi connectivity index (χ1v) is 14.4. The molecule has 1 saturated heterocycles. The molecule has 5 rings (SSSR count). The van der Waals surface area contributed by atoms with E-state index in [1.54, 1.807) is 0 Å². The topological polar surface area (TPSA) is 83.6 Å². The maximum absolute atomic E-state index is 13.5. The maximum atomic E-state index is 13.5. The molecule has 0 aliphatic carbocycles. The molecule has 202 valence electrons. The number of para-hydroxylation sites is 1. The lowest BCUT2D eigenvalue weighted by atomic mass is 9.88. The summed E-state index contributed by atoms with van der Waals surface area (Å²) in [6.07, 6.45) is 1.31. The molecule has 1 aliphatic rings. The van der Waals surface area contributed by atoms with E-state index in [9.17, 15) is 9.59 Å². The molecule has 0 radical (unpaired) electrons. The average molecular weight is 543 g/mol. The Labute approximate surface area is 233 Å². The lowest BCUT2D eigenvalue weighted by molar-refractivity contribution is -0.132. The molecule has 3 aromatic carbocycles. The number of carbonyl (C=O) groups is 2. The van der Waals surface area contributed by atoms with Gasteiger partial charge in [-0.2, -0.15) is 0 Å². The highest BCUT2D eigenvalue weighted by molar-refractivity contribution is 7.22. The van der Waals surface area contributed by atoms with Crippen LogP contribution in [0.2, 0.25) is 0 Å². The van der Waals surface area contributed by atoms with Crippen LogP contribution in [0.15, 0.2) is 84.9 Å². The van der Waals surface area contributed by atoms with E-state index >= 15 is 0 Å². The lowest BCUT2D eigenvalue weighted by Crippen LogP contribution is -2.43. The van der Waals surface area contributed by atoms with Gasteiger partial charge in [-0.15, -0.1) is 0 Å². The van der Waals surface area contributed by atoms with Crippen LogP contribution in [0.5, 0.6) is 0 Å². The van der Waals surface area contributed by atoms with Crippen LogP contribution in [0, 0.1) is 0 Å². The van der Waals surface area contributed by atoms with Crippen LogP contribution in [-0.4, -0.2) is 60.6 Å². The fourth-order valence-electron chi connectivity index (χ4n) is 4.97. The zero-order valence-corrected chi connectivity index (χ0v) is 22.7. The van der Waals surface area contributed by atoms with Crippen molar-refractivity contribution in [2.75, 3.05) is 38.1 Å². The minimum absolute atomic E-state index is 0.0835. The van der Waals surface area contributed by atoms with Gasteiger partial charge >= 0.3 is 6.03 Å². The third-order valence-corrected chi connectivity index (χ3v) is 7.98. The van der Waals surface area contributed by atoms with Gasteiger partial charge in [0.2, 0.25) is 0 Å². The van der Waals surface area contributed by atoms with Gasteiger partial charge in [0.25, 0.3) is 0 Å². The number of rotatable bonds is 11. The Kier molecular flexibility index (Phi) is 9.32. The number of thiazole rings is 1. The summed E-state index contributed by atoms with van der Waals surface area (Å²) in [6, 6.07) is 28.5. The number of fused-ring (bicyclic) bond motifs is 1. The number of hydrogen-bond acceptors (Lipinski definition) is 6. The number of carbonyl (C=O) groups excluding carboxylic acids is 2. The SMILES string of the molecule is O=C(CCCN(CCC(c1ccccc1)c1ccccc1)C(=O)Nc1nc2ccccc2s1)C1CNCCO1. The van der Waals surface area contributed by atoms with Gasteiger partial charge in [-0.3, -0.25) is 10.1 Å². The molecule has 7 nitrogen and oxygen atoms in total. The molecule has 1 unspecified atom stereocenters. The zero-order chi connectivity index (χ0) is 26.9. The molecule has 39 heavy (non-hydrogen) atoms. The van der Waals surface area contributed by atoms with Crippen LogP contribution < -0.4 is 10.6 Å². The number of aromatic nitrogens is 1. The third kappa shape index (κ3) is 7.29. The van der Waals surface area contributed by atoms with Crippen molar-refractivity contribution in [3.8, 4) is 0 Å². The molecule has 2 amide bonds. The van der Waals surface area contributed by atoms with Crippen molar-refractivity contribution < 1.29 is 14.3 Å². The van der Waals surface area contributed by atoms with Crippen molar-refractivity contribution in [1.29, 1.82) is 0 Å². The Hall–Kier alpha value is -3.59. The van der Waals surface area contributed by atoms with Crippen molar-refractivity contribution in [2.45, 2.75) is 31.3 Å². The van der Waals surface area contributed by atoms with Crippen LogP contribution in [0.3, 0.4) is 0 Å². The highest BCUT2D eigenvalue weighted by Crippen LogP contribution is 2.29. The van der Waals surface area contributed by atoms with Crippen LogP contribution >= 0.6 is 11.3 Å². The number of nitrogens with zero attached hydrogens (tertiary/aromatic N) is 2. The summed E-state index contributed by atoms with van der Waals surface area (Å²) in [6.45, 7) is 2.89. The number of ether oxygens (including phenoxy) is 1. The number of ketones is 1. The number of hydrogen-bond donors (Lipinski definition) is 2. The van der Waals surface area contributed by atoms with Gasteiger partial charge in [0.1, 0.15) is 6.10 Å². The van der Waals surface area contributed by atoms with Crippen molar-refractivity contribution in [3.05, 3.63) is 96.1 Å². The van der Waals surface area contributed by atoms with Crippen LogP contribution in [-0.2, 0) is 9.53 Å². The minimum atomic E-state index is -0.399. The van der Waals surface area contributed by atoms with E-state index in [1.165, 1.54) is 22.5 Å². The number of morpholine rings is 1. The minimum Gasteiger partial charge on any atom is -0.368 e. The summed E-state index contributed by atoms with van der Waals surface area (Å²) in [4.78, 5) is 32.6. The fraction of sp³-hybridized carbons (Fsp3) is 0.323. The van der Waals surface area contributed by atoms with Crippen LogP contribution in [0.1, 0.15) is 36.3 Å². The second-order valence-electron chi connectivity index (χ2n) is 9.70. The van der Waals surface area contributed by atoms with Crippen molar-refractivity contribution in [2.24, 2.45) is 0 Å². The summed E-state index contributed by atoms with van der Waals surface area (Å²) in [7, 11) is 0. The Morgan fingerprint density at radius 3 is 2.33 bits per heavy atom. The van der Waals surface area contributed by atoms with Gasteiger partial charge in [-0.25, -0.2) is 9.78 Å². The number of Topliss-reactive ketones (excluding diaryl/α,β-unsaturated/α-hetero) is 1. The highest BCUT2D eigenvalue weighted by atomic mass is 32.1. The summed E-state index contributed by atoms with van der Waals surface area (Å²) < 4.78 is 6.64. The summed E-state index contributed by atoms with van der Waals surface area (Å²) >= 11 is 1.46. The molecule has 2 heterocycles. The Bertz CT molecular complexity index is 1280. The van der Waals surface area contributed by atoms with Gasteiger partial charge in [0.05, 0.1) is 16.8 Å². The van der Waals surface area contributed by atoms with Crippen LogP contribution in [0.25, 0.3) is 10.2 Å². The standard InChI is InChI=1S/C31H34N4O3S/c36-27(28-22-32-18-21-38-28)15-9-19-35(31(37)34-30-33-26-14-7-8-16-29(26)39-30)20-17-25(23-10-3-1-4-11-23)24-12-5-2-6-13-24/h1-8,10-14,16,25,28,32H,9,15,17-22H2,(H,33,34,37). The molecular weight excluding hydrogens is 508 g/mol. The molecule has 8 heteroatoms. The molecule has 4 aromatic rings. The first kappa shape index (κ1) is 27.0. The first-order valence-electron chi connectivity index (χ1n) is 13.5. The number of urea groups is 1. The van der Waals surface area contributed by atoms with Crippen molar-refractivity contribution in [1.82, 2.24) is 15.2 Å². The molecule has 1 fully saturated rings. The van der Waals surface area contributed by atoms with Gasteiger partial charge in [-0.1, -0.05) is 84.1 Å². The molecule has 0 spiro atoms. The molecule has 1 aromatic heterocycles. The quantitative estimate of drug-likeness (QED) is 0.254. The molecule has 1 atom stereocenters. The largest absolute Gasteiger partial charge is 0.368 e. The lowest BCUT2D eigenvalue weighted by Gasteiger charge is -2.26. The highest BCUT2D eigenvalue weighted by Gasteiger charge is 2.23. The Balaban J connectivity index is 1.29. The summed E-state index contributed by atoms with van der Waals surface area (Å²) in [5.74, 6) is 0.230. The van der Waals surface area contributed by atoms with Crippen LogP contribution in [0.4, 0.5) is 9.93 Å². The van der Waals surface area contributed by atoms with E-state index < -0.39 is 6.10 Å². The van der Waals surface area contributed by atoms with E-state index in [1.807, 2.05) is 41.3 Å². The van der Waals surface area contributed by atoms with Gasteiger partial charge in [0.15, 0.2) is 10.9 Å². The summed E-state index contributed by atoms with van der Waals surface area (Å²) in [5.41, 5.74) is 3.30. The number of benzene rings is 3. The maximum Gasteiger partial charge on any atom is 0.323 e. The van der Waals surface area contributed by atoms with Gasteiger partial charge in [-0.05, 0) is 36.1 Å². The Morgan fingerprint density at radius 1 is 0.974 bits per heavy atom. The second kappa shape index (κ2) is 13.5. The first-order chi connectivity index (χ1) is 19.2. The number of anilines is 1. The second-order valence-corrected chi connectivity index (χ2v) is 10.7. The molecular formula is C31H34N4O3S. The van der Waals surface area contributed by atoms with E-state index in [0.29, 0.717) is 44.2 Å². The van der Waals surface area contributed by atoms with Crippen molar-refractivity contribution >= 4 is 38.5 Å². The van der Waals surface area contributed by atoms with Gasteiger partial charge < -0.3 is 15.0 Å². The fourth-order valence-corrected chi connectivity index (χ4v) is 5.83. The third-order valence-electron chi connectivity index (χ3n) is 7.02. The van der Waals surface area contributed by atoms with E-state index in [2.05, 4.69) is 64.1 Å². The van der Waals surface area contributed by atoms with E-state index in [0.717, 1.165) is 23.2 Å². The van der Waals surface area contributed by atoms with Gasteiger partial charge in [0, 0.05) is 38.5 Å².